The highest BCUT2D eigenvalue weighted by atomic mass is 32.2. The fourth-order valence-corrected chi connectivity index (χ4v) is 3.32. The molecule has 0 amide bonds. The van der Waals surface area contributed by atoms with Crippen LogP contribution < -0.4 is 4.74 Å². The Kier molecular flexibility index (Phi) is 5.49. The Hall–Kier alpha value is -1.46. The van der Waals surface area contributed by atoms with Crippen molar-refractivity contribution in [3.63, 3.8) is 0 Å². The van der Waals surface area contributed by atoms with Gasteiger partial charge in [-0.15, -0.1) is 0 Å². The molecule has 0 saturated heterocycles. The molecule has 5 heteroatoms. The Bertz CT molecular complexity index is 579. The minimum Gasteiger partial charge on any atom is -0.490 e. The van der Waals surface area contributed by atoms with Crippen molar-refractivity contribution < 1.29 is 9.53 Å². The Morgan fingerprint density at radius 3 is 3.10 bits per heavy atom. The molecule has 0 aromatic heterocycles. The van der Waals surface area contributed by atoms with Gasteiger partial charge in [0.05, 0.1) is 0 Å². The van der Waals surface area contributed by atoms with Crippen molar-refractivity contribution in [2.24, 2.45) is 4.99 Å². The molecular formula is C15H15NO2S2. The van der Waals surface area contributed by atoms with Crippen LogP contribution >= 0.6 is 23.5 Å². The molecule has 1 heterocycles. The predicted octanol–water partition coefficient (Wildman–Crippen LogP) is 3.97. The van der Waals surface area contributed by atoms with E-state index in [9.17, 15) is 4.79 Å². The molecule has 0 aliphatic carbocycles. The molecule has 0 fully saturated rings. The first-order chi connectivity index (χ1) is 9.72. The van der Waals surface area contributed by atoms with Gasteiger partial charge in [0.25, 0.3) is 0 Å². The van der Waals surface area contributed by atoms with Crippen LogP contribution in [0.4, 0.5) is 0 Å². The maximum absolute atomic E-state index is 11.8. The quantitative estimate of drug-likeness (QED) is 0.609. The molecule has 104 valence electrons. The number of thioether (sulfide) groups is 2. The standard InChI is InChI=1S/C15H15NO2S2/c1-3-8-18-12-7-5-6-11(9-12)10-13-14(17)20-15(16-13)19-4-2/h3,5-7,9-10H,1,4,8H2,2H3/b13-10-. The largest absolute Gasteiger partial charge is 0.490 e. The van der Waals surface area contributed by atoms with E-state index in [1.54, 1.807) is 23.9 Å². The normalized spacial score (nSPS) is 16.4. The molecule has 0 radical (unpaired) electrons. The molecule has 0 unspecified atom stereocenters. The van der Waals surface area contributed by atoms with Crippen LogP contribution in [0.15, 0.2) is 47.6 Å². The van der Waals surface area contributed by atoms with Crippen molar-refractivity contribution in [1.29, 1.82) is 0 Å². The van der Waals surface area contributed by atoms with Crippen molar-refractivity contribution in [2.75, 3.05) is 12.4 Å². The Labute approximate surface area is 127 Å². The molecule has 0 atom stereocenters. The minimum absolute atomic E-state index is 0.00152. The van der Waals surface area contributed by atoms with Gasteiger partial charge in [0.1, 0.15) is 22.4 Å². The number of hydrogen-bond donors (Lipinski definition) is 0. The van der Waals surface area contributed by atoms with E-state index >= 15 is 0 Å². The van der Waals surface area contributed by atoms with Crippen LogP contribution in [0.2, 0.25) is 0 Å². The smallest absolute Gasteiger partial charge is 0.244 e. The summed E-state index contributed by atoms with van der Waals surface area (Å²) in [5.41, 5.74) is 1.40. The number of nitrogens with zero attached hydrogens (tertiary/aromatic N) is 1. The third-order valence-corrected chi connectivity index (χ3v) is 4.29. The summed E-state index contributed by atoms with van der Waals surface area (Å²) < 4.78 is 6.29. The third kappa shape index (κ3) is 4.02. The van der Waals surface area contributed by atoms with Crippen molar-refractivity contribution >= 4 is 39.1 Å². The first-order valence-electron chi connectivity index (χ1n) is 6.22. The zero-order valence-electron chi connectivity index (χ0n) is 11.2. The zero-order valence-corrected chi connectivity index (χ0v) is 12.8. The second kappa shape index (κ2) is 7.36. The fraction of sp³-hybridized carbons (Fsp3) is 0.200. The number of benzene rings is 1. The monoisotopic (exact) mass is 305 g/mol. The van der Waals surface area contributed by atoms with E-state index in [-0.39, 0.29) is 5.12 Å². The van der Waals surface area contributed by atoms with Gasteiger partial charge in [0, 0.05) is 0 Å². The van der Waals surface area contributed by atoms with Gasteiger partial charge in [-0.1, -0.05) is 43.5 Å². The van der Waals surface area contributed by atoms with Gasteiger partial charge in [-0.25, -0.2) is 4.99 Å². The zero-order chi connectivity index (χ0) is 14.4. The van der Waals surface area contributed by atoms with Crippen LogP contribution in [0.25, 0.3) is 6.08 Å². The highest BCUT2D eigenvalue weighted by molar-refractivity contribution is 8.45. The number of carbonyl (C=O) groups is 1. The molecule has 3 nitrogen and oxygen atoms in total. The summed E-state index contributed by atoms with van der Waals surface area (Å²) in [4.78, 5) is 16.2. The number of carbonyl (C=O) groups excluding carboxylic acids is 1. The SMILES string of the molecule is C=CCOc1cccc(/C=C2\N=C(SCC)SC2=O)c1. The van der Waals surface area contributed by atoms with Gasteiger partial charge in [-0.3, -0.25) is 4.79 Å². The summed E-state index contributed by atoms with van der Waals surface area (Å²) in [5, 5.41) is -0.00152. The maximum Gasteiger partial charge on any atom is 0.244 e. The van der Waals surface area contributed by atoms with Crippen LogP contribution in [0.1, 0.15) is 12.5 Å². The summed E-state index contributed by atoms with van der Waals surface area (Å²) in [6, 6.07) is 7.57. The number of aliphatic imine (C=N–C) groups is 1. The van der Waals surface area contributed by atoms with Crippen molar-refractivity contribution in [2.45, 2.75) is 6.92 Å². The van der Waals surface area contributed by atoms with Gasteiger partial charge in [-0.05, 0) is 41.3 Å². The lowest BCUT2D eigenvalue weighted by molar-refractivity contribution is -0.107. The van der Waals surface area contributed by atoms with Crippen molar-refractivity contribution in [3.05, 3.63) is 48.2 Å². The molecule has 0 saturated carbocycles. The predicted molar refractivity (Wildman–Crippen MR) is 88.3 cm³/mol. The van der Waals surface area contributed by atoms with Crippen LogP contribution in [-0.4, -0.2) is 21.9 Å². The number of hydrogen-bond acceptors (Lipinski definition) is 5. The first kappa shape index (κ1) is 14.9. The van der Waals surface area contributed by atoms with E-state index in [0.717, 1.165) is 21.4 Å². The van der Waals surface area contributed by atoms with Gasteiger partial charge in [0.2, 0.25) is 5.12 Å². The van der Waals surface area contributed by atoms with Crippen LogP contribution in [-0.2, 0) is 4.79 Å². The summed E-state index contributed by atoms with van der Waals surface area (Å²) >= 11 is 2.78. The lowest BCUT2D eigenvalue weighted by Gasteiger charge is -2.03. The molecule has 2 rings (SSSR count). The summed E-state index contributed by atoms with van der Waals surface area (Å²) in [6.07, 6.45) is 3.49. The molecule has 20 heavy (non-hydrogen) atoms. The van der Waals surface area contributed by atoms with E-state index in [1.165, 1.54) is 11.8 Å². The average Bonchev–Trinajstić information content (AvgIpc) is 2.77. The Morgan fingerprint density at radius 1 is 1.50 bits per heavy atom. The molecule has 0 bridgehead atoms. The van der Waals surface area contributed by atoms with Crippen molar-refractivity contribution in [1.82, 2.24) is 0 Å². The molecule has 1 aromatic carbocycles. The second-order valence-corrected chi connectivity index (χ2v) is 6.37. The molecule has 0 N–H and O–H groups in total. The Morgan fingerprint density at radius 2 is 2.35 bits per heavy atom. The topological polar surface area (TPSA) is 38.7 Å². The molecule has 0 spiro atoms. The second-order valence-electron chi connectivity index (χ2n) is 3.90. The van der Waals surface area contributed by atoms with Gasteiger partial charge in [-0.2, -0.15) is 0 Å². The van der Waals surface area contributed by atoms with E-state index in [1.807, 2.05) is 31.2 Å². The van der Waals surface area contributed by atoms with Crippen molar-refractivity contribution in [3.8, 4) is 5.75 Å². The van der Waals surface area contributed by atoms with Crippen LogP contribution in [0, 0.1) is 0 Å². The Balaban J connectivity index is 2.17. The lowest BCUT2D eigenvalue weighted by atomic mass is 10.2. The molecule has 1 aliphatic heterocycles. The van der Waals surface area contributed by atoms with Gasteiger partial charge in [0.15, 0.2) is 0 Å². The molecule has 1 aromatic rings. The average molecular weight is 305 g/mol. The highest BCUT2D eigenvalue weighted by Crippen LogP contribution is 2.31. The van der Waals surface area contributed by atoms with E-state index in [4.69, 9.17) is 4.74 Å². The summed E-state index contributed by atoms with van der Waals surface area (Å²) in [5.74, 6) is 1.67. The van der Waals surface area contributed by atoms with Gasteiger partial charge >= 0.3 is 0 Å². The molecular weight excluding hydrogens is 290 g/mol. The van der Waals surface area contributed by atoms with E-state index < -0.39 is 0 Å². The fourth-order valence-electron chi connectivity index (χ4n) is 1.58. The minimum atomic E-state index is -0.00152. The van der Waals surface area contributed by atoms with Crippen LogP contribution in [0.5, 0.6) is 5.75 Å². The van der Waals surface area contributed by atoms with E-state index in [2.05, 4.69) is 11.6 Å². The summed E-state index contributed by atoms with van der Waals surface area (Å²) in [6.45, 7) is 6.12. The van der Waals surface area contributed by atoms with E-state index in [0.29, 0.717) is 12.3 Å². The molecule has 1 aliphatic rings. The lowest BCUT2D eigenvalue weighted by Crippen LogP contribution is -1.93. The van der Waals surface area contributed by atoms with Crippen LogP contribution in [0.3, 0.4) is 0 Å². The number of rotatable bonds is 5. The first-order valence-corrected chi connectivity index (χ1v) is 8.02. The maximum atomic E-state index is 11.8. The number of ether oxygens (including phenoxy) is 1. The summed E-state index contributed by atoms with van der Waals surface area (Å²) in [7, 11) is 0. The van der Waals surface area contributed by atoms with Gasteiger partial charge < -0.3 is 4.74 Å². The third-order valence-electron chi connectivity index (χ3n) is 2.40. The highest BCUT2D eigenvalue weighted by Gasteiger charge is 2.21.